The number of halogens is 2. The summed E-state index contributed by atoms with van der Waals surface area (Å²) in [6, 6.07) is 23.8. The van der Waals surface area contributed by atoms with Crippen molar-refractivity contribution in [3.05, 3.63) is 103 Å². The fourth-order valence-electron chi connectivity index (χ4n) is 7.44. The molecule has 0 N–H and O–H groups in total. The van der Waals surface area contributed by atoms with Crippen molar-refractivity contribution >= 4 is 12.1 Å². The van der Waals surface area contributed by atoms with Crippen LogP contribution in [0, 0.1) is 5.92 Å². The first-order chi connectivity index (χ1) is 19.4. The average molecular weight is 691 g/mol. The van der Waals surface area contributed by atoms with Gasteiger partial charge in [0.2, 0.25) is 0 Å². The number of rotatable bonds is 3. The summed E-state index contributed by atoms with van der Waals surface area (Å²) in [5, 5.41) is 0. The van der Waals surface area contributed by atoms with E-state index >= 15 is 0 Å². The monoisotopic (exact) mass is 688 g/mol. The van der Waals surface area contributed by atoms with Crippen LogP contribution >= 0.6 is 0 Å². The molecule has 1 atom stereocenters. The first-order valence-corrected chi connectivity index (χ1v) is 19.6. The first kappa shape index (κ1) is 34.3. The van der Waals surface area contributed by atoms with E-state index in [9.17, 15) is 0 Å². The van der Waals surface area contributed by atoms with Gasteiger partial charge in [0.25, 0.3) is 0 Å². The Morgan fingerprint density at radius 2 is 1.35 bits per heavy atom. The Balaban J connectivity index is 0.00000212. The number of allylic oxidation sites excluding steroid dienone is 4. The van der Waals surface area contributed by atoms with Gasteiger partial charge in [-0.05, 0) is 0 Å². The fourth-order valence-corrected chi connectivity index (χ4v) is 16.7. The van der Waals surface area contributed by atoms with Crippen LogP contribution in [0.25, 0.3) is 16.7 Å². The molecule has 0 bridgehead atoms. The number of hydrogen-bond donors (Lipinski definition) is 0. The van der Waals surface area contributed by atoms with Gasteiger partial charge in [0.1, 0.15) is 0 Å². The summed E-state index contributed by atoms with van der Waals surface area (Å²) in [6.07, 6.45) is 10.6. The third-order valence-electron chi connectivity index (χ3n) is 9.86. The van der Waals surface area contributed by atoms with Gasteiger partial charge in [0.05, 0.1) is 0 Å². The largest absolute Gasteiger partial charge is 1.00 e. The summed E-state index contributed by atoms with van der Waals surface area (Å²) in [7, 11) is 0. The van der Waals surface area contributed by atoms with Crippen LogP contribution in [0.3, 0.4) is 0 Å². The van der Waals surface area contributed by atoms with Gasteiger partial charge >= 0.3 is 259 Å². The number of hydrogen-bond acceptors (Lipinski definition) is 0. The zero-order valence-corrected chi connectivity index (χ0v) is 31.4. The predicted octanol–water partition coefficient (Wildman–Crippen LogP) is 4.25. The van der Waals surface area contributed by atoms with Gasteiger partial charge in [-0.1, -0.05) is 0 Å². The molecule has 0 aromatic heterocycles. The van der Waals surface area contributed by atoms with Crippen LogP contribution in [0.5, 0.6) is 0 Å². The molecular weight excluding hydrogens is 643 g/mol. The molecule has 3 aromatic carbocycles. The van der Waals surface area contributed by atoms with E-state index in [-0.39, 0.29) is 35.6 Å². The number of benzene rings is 3. The maximum atomic E-state index is 2.72. The van der Waals surface area contributed by atoms with Crippen molar-refractivity contribution in [2.24, 2.45) is 5.92 Å². The zero-order valence-electron chi connectivity index (χ0n) is 27.4. The zero-order chi connectivity index (χ0) is 29.1. The Morgan fingerprint density at radius 3 is 1.98 bits per heavy atom. The van der Waals surface area contributed by atoms with Crippen LogP contribution in [-0.4, -0.2) is 3.21 Å². The summed E-state index contributed by atoms with van der Waals surface area (Å²) in [5.41, 5.74) is 14.0. The smallest absolute Gasteiger partial charge is 1.00 e. The molecule has 3 aliphatic carbocycles. The van der Waals surface area contributed by atoms with Crippen LogP contribution in [0.15, 0.2) is 75.6 Å². The summed E-state index contributed by atoms with van der Waals surface area (Å²) >= 11 is -2.40. The Labute approximate surface area is 281 Å². The van der Waals surface area contributed by atoms with E-state index in [4.69, 9.17) is 0 Å². The van der Waals surface area contributed by atoms with Crippen LogP contribution in [0.4, 0.5) is 0 Å². The molecule has 0 saturated heterocycles. The van der Waals surface area contributed by atoms with Crippen molar-refractivity contribution in [2.45, 2.75) is 105 Å². The molecule has 3 aliphatic rings. The minimum atomic E-state index is -2.40. The summed E-state index contributed by atoms with van der Waals surface area (Å²) in [5.74, 6) is 0.527. The minimum absolute atomic E-state index is 0. The van der Waals surface area contributed by atoms with Crippen molar-refractivity contribution < 1.29 is 46.1 Å². The van der Waals surface area contributed by atoms with E-state index in [1.807, 2.05) is 6.49 Å². The molecule has 6 rings (SSSR count). The third-order valence-corrected chi connectivity index (χ3v) is 18.6. The van der Waals surface area contributed by atoms with Crippen LogP contribution in [0.1, 0.15) is 115 Å². The summed E-state index contributed by atoms with van der Waals surface area (Å²) in [6.45, 7) is 19.2. The second-order valence-corrected chi connectivity index (χ2v) is 21.1. The molecule has 0 heterocycles. The maximum absolute atomic E-state index is 2.72. The van der Waals surface area contributed by atoms with E-state index in [2.05, 4.69) is 122 Å². The van der Waals surface area contributed by atoms with E-state index in [0.29, 0.717) is 5.92 Å². The normalized spacial score (nSPS) is 17.8. The van der Waals surface area contributed by atoms with E-state index < -0.39 is 21.3 Å². The Bertz CT molecular complexity index is 1600. The van der Waals surface area contributed by atoms with Crippen molar-refractivity contribution in [2.75, 3.05) is 0 Å². The second kappa shape index (κ2) is 13.1. The average Bonchev–Trinajstić information content (AvgIpc) is 3.45. The second-order valence-electron chi connectivity index (χ2n) is 14.9. The molecule has 0 aliphatic heterocycles. The van der Waals surface area contributed by atoms with Gasteiger partial charge in [-0.15, -0.1) is 0 Å². The Morgan fingerprint density at radius 1 is 0.721 bits per heavy atom. The molecule has 3 aromatic rings. The molecular formula is C40H48Cl2Zr. The number of fused-ring (bicyclic) bond motifs is 3. The topological polar surface area (TPSA) is 0 Å². The van der Waals surface area contributed by atoms with E-state index in [1.54, 1.807) is 20.0 Å². The van der Waals surface area contributed by atoms with Crippen molar-refractivity contribution in [1.82, 2.24) is 0 Å². The van der Waals surface area contributed by atoms with Crippen LogP contribution < -0.4 is 28.1 Å². The SMILES string of the molecule is CC1=[C]([Zr+2](=[C]2CCCCC2)[c]2cc(C(C)(C)C)cc3c2Cc2ccc(C(C)(C)C)cc2-3)C(C)C=C1c1ccccc1.[Cl-].[Cl-]. The third kappa shape index (κ3) is 6.57. The summed E-state index contributed by atoms with van der Waals surface area (Å²) in [4.78, 5) is 0. The minimum Gasteiger partial charge on any atom is -1.00 e. The fraction of sp³-hybridized carbons (Fsp3) is 0.425. The predicted molar refractivity (Wildman–Crippen MR) is 176 cm³/mol. The molecule has 0 spiro atoms. The van der Waals surface area contributed by atoms with Crippen molar-refractivity contribution in [1.29, 1.82) is 0 Å². The molecule has 3 heteroatoms. The molecule has 0 radical (unpaired) electrons. The van der Waals surface area contributed by atoms with Crippen molar-refractivity contribution in [3.8, 4) is 11.1 Å². The van der Waals surface area contributed by atoms with Crippen LogP contribution in [0.2, 0.25) is 0 Å². The molecule has 43 heavy (non-hydrogen) atoms. The van der Waals surface area contributed by atoms with Gasteiger partial charge in [-0.25, -0.2) is 0 Å². The standard InChI is InChI=1S/C21H25.C13H13.C6H10.2ClH.Zr/c1-20(2,3)16-9-7-14-11-15-8-10-17(21(4,5)6)13-19(15)18(14)12-16;1-10-8-11(2)13(9-10)12-6-4-3-5-7-12;1-2-4-6-5-3-1;;;/h7,9-10,12-13H,11H2,1-6H3;3-7,9-10H,1-2H3;1-5H2;2*1H;/q;;;;;+2/p-2. The quantitative estimate of drug-likeness (QED) is 0.302. The van der Waals surface area contributed by atoms with Gasteiger partial charge < -0.3 is 24.8 Å². The van der Waals surface area contributed by atoms with Crippen LogP contribution in [-0.2, 0) is 38.5 Å². The Hall–Kier alpha value is -1.53. The van der Waals surface area contributed by atoms with Gasteiger partial charge in [0.15, 0.2) is 0 Å². The van der Waals surface area contributed by atoms with E-state index in [0.717, 1.165) is 6.42 Å². The molecule has 1 fully saturated rings. The summed E-state index contributed by atoms with van der Waals surface area (Å²) < 4.78 is 5.62. The van der Waals surface area contributed by atoms with Gasteiger partial charge in [-0.2, -0.15) is 0 Å². The molecule has 0 nitrogen and oxygen atoms in total. The molecule has 226 valence electrons. The van der Waals surface area contributed by atoms with Crippen molar-refractivity contribution in [3.63, 3.8) is 0 Å². The Kier molecular flexibility index (Phi) is 10.4. The van der Waals surface area contributed by atoms with E-state index in [1.165, 1.54) is 65.5 Å². The first-order valence-electron chi connectivity index (χ1n) is 16.0. The van der Waals surface area contributed by atoms with Gasteiger partial charge in [0, 0.05) is 0 Å². The molecule has 0 amide bonds. The molecule has 1 saturated carbocycles. The molecule has 1 unspecified atom stereocenters. The van der Waals surface area contributed by atoms with Gasteiger partial charge in [-0.3, -0.25) is 0 Å². The maximum Gasteiger partial charge on any atom is -1.00 e.